The highest BCUT2D eigenvalue weighted by Crippen LogP contribution is 2.44. The second kappa shape index (κ2) is 5.25. The van der Waals surface area contributed by atoms with Gasteiger partial charge in [-0.15, -0.1) is 0 Å². The maximum atomic E-state index is 15.5. The van der Waals surface area contributed by atoms with E-state index in [4.69, 9.17) is 0 Å². The third kappa shape index (κ3) is 2.11. The molecule has 0 radical (unpaired) electrons. The molecule has 2 aromatic heterocycles. The Morgan fingerprint density at radius 3 is 2.19 bits per heavy atom. The van der Waals surface area contributed by atoms with E-state index >= 15 is 8.63 Å². The van der Waals surface area contributed by atoms with E-state index in [0.717, 1.165) is 33.7 Å². The van der Waals surface area contributed by atoms with E-state index in [1.165, 1.54) is 8.96 Å². The molecule has 0 atom stereocenters. The van der Waals surface area contributed by atoms with Crippen LogP contribution in [0.25, 0.3) is 5.57 Å². The molecule has 0 bridgehead atoms. The van der Waals surface area contributed by atoms with Gasteiger partial charge in [0.1, 0.15) is 5.71 Å². The number of pyridine rings is 1. The van der Waals surface area contributed by atoms with Crippen molar-refractivity contribution in [3.8, 4) is 0 Å². The summed E-state index contributed by atoms with van der Waals surface area (Å²) in [4.78, 5) is 4.45. The summed E-state index contributed by atoms with van der Waals surface area (Å²) in [6.07, 6.45) is 1.85. The van der Waals surface area contributed by atoms with Crippen molar-refractivity contribution in [2.45, 2.75) is 41.5 Å². The van der Waals surface area contributed by atoms with Crippen LogP contribution in [0.15, 0.2) is 35.5 Å². The van der Waals surface area contributed by atoms with Crippen LogP contribution in [-0.4, -0.2) is 26.6 Å². The van der Waals surface area contributed by atoms with Crippen molar-refractivity contribution in [2.24, 2.45) is 0 Å². The van der Waals surface area contributed by atoms with Gasteiger partial charge in [0, 0.05) is 35.7 Å². The molecule has 4 heterocycles. The normalized spacial score (nSPS) is 18.2. The summed E-state index contributed by atoms with van der Waals surface area (Å²) in [5, 5.41) is 0. The van der Waals surface area contributed by atoms with Gasteiger partial charge < -0.3 is 17.6 Å². The van der Waals surface area contributed by atoms with Crippen molar-refractivity contribution >= 4 is 18.3 Å². The number of aromatic nitrogens is 2. The smallest absolute Gasteiger partial charge is 0.393 e. The van der Waals surface area contributed by atoms with Gasteiger partial charge in [-0.1, -0.05) is 0 Å². The number of fused-ring (bicyclic) bond motifs is 2. The molecule has 0 fully saturated rings. The monoisotopic (exact) mass is 353 g/mol. The Labute approximate surface area is 152 Å². The average molecular weight is 353 g/mol. The molecule has 4 rings (SSSR count). The summed E-state index contributed by atoms with van der Waals surface area (Å²) in [7, 11) is 0. The summed E-state index contributed by atoms with van der Waals surface area (Å²) in [6, 6.07) is 5.82. The predicted octanol–water partition coefficient (Wildman–Crippen LogP) is 4.55. The first kappa shape index (κ1) is 16.9. The highest BCUT2D eigenvalue weighted by atomic mass is 19.2. The summed E-state index contributed by atoms with van der Waals surface area (Å²) >= 11 is 0. The lowest BCUT2D eigenvalue weighted by atomic mass is 9.83. The molecule has 6 heteroatoms. The van der Waals surface area contributed by atoms with Gasteiger partial charge in [0.2, 0.25) is 0 Å². The molecule has 0 amide bonds. The summed E-state index contributed by atoms with van der Waals surface area (Å²) in [6.45, 7) is 7.28. The van der Waals surface area contributed by atoms with Gasteiger partial charge in [-0.25, -0.2) is 0 Å². The topological polar surface area (TPSA) is 20.8 Å². The number of rotatable bonds is 1. The molecule has 0 aromatic carbocycles. The molecule has 0 saturated carbocycles. The molecule has 26 heavy (non-hydrogen) atoms. The molecule has 2 aliphatic heterocycles. The SMILES string of the molecule is CC1=CC(C)=[N+]2C1=C(c1cc(C)nc(C)c1)c1c(C)cc(C)n1[B-]2(F)F. The van der Waals surface area contributed by atoms with E-state index in [1.807, 2.05) is 52.0 Å². The van der Waals surface area contributed by atoms with Crippen LogP contribution in [0.5, 0.6) is 0 Å². The lowest BCUT2D eigenvalue weighted by Crippen LogP contribution is -2.51. The van der Waals surface area contributed by atoms with Crippen LogP contribution in [0.1, 0.15) is 47.8 Å². The van der Waals surface area contributed by atoms with Crippen LogP contribution < -0.4 is 0 Å². The fourth-order valence-electron chi connectivity index (χ4n) is 4.55. The lowest BCUT2D eigenvalue weighted by molar-refractivity contribution is -0.363. The van der Waals surface area contributed by atoms with Gasteiger partial charge in [-0.05, 0) is 69.6 Å². The van der Waals surface area contributed by atoms with Crippen LogP contribution >= 0.6 is 0 Å². The van der Waals surface area contributed by atoms with Crippen molar-refractivity contribution in [2.75, 3.05) is 0 Å². The van der Waals surface area contributed by atoms with Crippen LogP contribution in [0.3, 0.4) is 0 Å². The number of nitrogens with zero attached hydrogens (tertiary/aromatic N) is 3. The fraction of sp³-hybridized carbons (Fsp3) is 0.300. The Hall–Kier alpha value is -2.50. The number of allylic oxidation sites excluding steroid dienone is 2. The van der Waals surface area contributed by atoms with E-state index in [2.05, 4.69) is 4.98 Å². The van der Waals surface area contributed by atoms with Crippen LogP contribution in [0, 0.1) is 27.7 Å². The molecule has 134 valence electrons. The highest BCUT2D eigenvalue weighted by Gasteiger charge is 2.55. The number of aryl methyl sites for hydroxylation is 4. The number of halogens is 2. The van der Waals surface area contributed by atoms with E-state index < -0.39 is 6.97 Å². The van der Waals surface area contributed by atoms with Gasteiger partial charge in [-0.3, -0.25) is 4.98 Å². The van der Waals surface area contributed by atoms with Gasteiger partial charge >= 0.3 is 6.97 Å². The average Bonchev–Trinajstić information content (AvgIpc) is 2.96. The first-order valence-electron chi connectivity index (χ1n) is 8.85. The van der Waals surface area contributed by atoms with Crippen molar-refractivity contribution in [3.05, 3.63) is 69.4 Å². The zero-order valence-corrected chi connectivity index (χ0v) is 16.0. The molecular weight excluding hydrogens is 331 g/mol. The minimum absolute atomic E-state index is 0.582. The Morgan fingerprint density at radius 1 is 0.962 bits per heavy atom. The van der Waals surface area contributed by atoms with Crippen LogP contribution in [-0.2, 0) is 0 Å². The van der Waals surface area contributed by atoms with E-state index in [0.29, 0.717) is 22.8 Å². The van der Waals surface area contributed by atoms with E-state index in [1.54, 1.807) is 13.8 Å². The van der Waals surface area contributed by atoms with Crippen molar-refractivity contribution < 1.29 is 13.1 Å². The van der Waals surface area contributed by atoms with E-state index in [9.17, 15) is 0 Å². The zero-order valence-electron chi connectivity index (χ0n) is 16.0. The number of hydrogen-bond acceptors (Lipinski definition) is 1. The molecule has 2 aromatic rings. The molecule has 0 spiro atoms. The zero-order chi connectivity index (χ0) is 19.0. The van der Waals surface area contributed by atoms with Crippen LogP contribution in [0.4, 0.5) is 8.63 Å². The summed E-state index contributed by atoms with van der Waals surface area (Å²) in [5.74, 6) is 0. The summed E-state index contributed by atoms with van der Waals surface area (Å²) in [5.41, 5.74) is 7.71. The molecule has 0 aliphatic carbocycles. The third-order valence-electron chi connectivity index (χ3n) is 5.30. The second-order valence-electron chi connectivity index (χ2n) is 7.48. The quantitative estimate of drug-likeness (QED) is 0.690. The molecule has 2 aliphatic rings. The minimum Gasteiger partial charge on any atom is -0.393 e. The Kier molecular flexibility index (Phi) is 3.42. The number of hydrogen-bond donors (Lipinski definition) is 0. The van der Waals surface area contributed by atoms with Gasteiger partial charge in [0.15, 0.2) is 5.70 Å². The van der Waals surface area contributed by atoms with Gasteiger partial charge in [0.05, 0.1) is 5.57 Å². The van der Waals surface area contributed by atoms with Gasteiger partial charge in [-0.2, -0.15) is 0 Å². The third-order valence-corrected chi connectivity index (χ3v) is 5.30. The lowest BCUT2D eigenvalue weighted by Gasteiger charge is -2.34. The maximum Gasteiger partial charge on any atom is 0.737 e. The molecule has 0 saturated heterocycles. The van der Waals surface area contributed by atoms with Crippen molar-refractivity contribution in [1.82, 2.24) is 9.46 Å². The van der Waals surface area contributed by atoms with E-state index in [-0.39, 0.29) is 0 Å². The Balaban J connectivity index is 2.19. The van der Waals surface area contributed by atoms with Crippen LogP contribution in [0.2, 0.25) is 0 Å². The Morgan fingerprint density at radius 2 is 1.58 bits per heavy atom. The van der Waals surface area contributed by atoms with Crippen molar-refractivity contribution in [1.29, 1.82) is 0 Å². The minimum atomic E-state index is -3.92. The second-order valence-corrected chi connectivity index (χ2v) is 7.48. The molecule has 0 unspecified atom stereocenters. The Bertz CT molecular complexity index is 1050. The molecule has 3 nitrogen and oxygen atoms in total. The maximum absolute atomic E-state index is 15.5. The highest BCUT2D eigenvalue weighted by molar-refractivity contribution is 6.58. The standard InChI is InChI=1S/C20H22BF2N3/c1-11-7-15(5)25-19(11)18(17-9-13(3)24-14(4)10-17)20-12(2)8-16(6)26(20)21(25,22)23/h7-10H,1-6H3. The fourth-order valence-corrected chi connectivity index (χ4v) is 4.55. The van der Waals surface area contributed by atoms with Gasteiger partial charge in [0.25, 0.3) is 0 Å². The van der Waals surface area contributed by atoms with Crippen molar-refractivity contribution in [3.63, 3.8) is 0 Å². The summed E-state index contributed by atoms with van der Waals surface area (Å²) < 4.78 is 33.6. The first-order valence-corrected chi connectivity index (χ1v) is 8.85. The largest absolute Gasteiger partial charge is 0.737 e. The predicted molar refractivity (Wildman–Crippen MR) is 102 cm³/mol. The molecule has 0 N–H and O–H groups in total. The first-order chi connectivity index (χ1) is 12.1. The molecular formula is C20H22BF2N3.